The number of carbonyl (C=O) groups is 1. The first-order valence-electron chi connectivity index (χ1n) is 8.16. The Bertz CT molecular complexity index is 812. The van der Waals surface area contributed by atoms with E-state index in [0.29, 0.717) is 6.54 Å². The van der Waals surface area contributed by atoms with Crippen molar-refractivity contribution in [2.45, 2.75) is 31.5 Å². The molecule has 1 aliphatic rings. The molecule has 0 unspecified atom stereocenters. The highest BCUT2D eigenvalue weighted by Gasteiger charge is 2.29. The summed E-state index contributed by atoms with van der Waals surface area (Å²) in [4.78, 5) is 20.9. The summed E-state index contributed by atoms with van der Waals surface area (Å²) < 4.78 is 1.90. The molecule has 122 valence electrons. The SMILES string of the molecule is O=C(NCc1cn2ccncc2n1)[C@H]1CC[C@H](c2ccccc2)N1. The summed E-state index contributed by atoms with van der Waals surface area (Å²) in [5.41, 5.74) is 2.85. The largest absolute Gasteiger partial charge is 0.349 e. The highest BCUT2D eigenvalue weighted by Crippen LogP contribution is 2.26. The normalized spacial score (nSPS) is 20.3. The number of hydrogen-bond donors (Lipinski definition) is 2. The van der Waals surface area contributed by atoms with Crippen molar-refractivity contribution in [2.75, 3.05) is 0 Å². The van der Waals surface area contributed by atoms with Gasteiger partial charge in [0.15, 0.2) is 5.65 Å². The van der Waals surface area contributed by atoms with Crippen LogP contribution >= 0.6 is 0 Å². The van der Waals surface area contributed by atoms with Gasteiger partial charge in [-0.15, -0.1) is 0 Å². The van der Waals surface area contributed by atoms with Gasteiger partial charge in [0.1, 0.15) is 0 Å². The summed E-state index contributed by atoms with van der Waals surface area (Å²) in [6.45, 7) is 0.425. The molecule has 1 amide bonds. The number of carbonyl (C=O) groups excluding carboxylic acids is 1. The molecule has 6 heteroatoms. The molecule has 2 aromatic heterocycles. The van der Waals surface area contributed by atoms with E-state index in [-0.39, 0.29) is 18.0 Å². The fourth-order valence-electron chi connectivity index (χ4n) is 3.18. The van der Waals surface area contributed by atoms with Gasteiger partial charge in [0.2, 0.25) is 5.91 Å². The quantitative estimate of drug-likeness (QED) is 0.769. The second-order valence-electron chi connectivity index (χ2n) is 6.05. The maximum absolute atomic E-state index is 12.4. The predicted molar refractivity (Wildman–Crippen MR) is 90.2 cm³/mol. The molecule has 6 nitrogen and oxygen atoms in total. The Morgan fingerprint density at radius 2 is 2.17 bits per heavy atom. The zero-order valence-corrected chi connectivity index (χ0v) is 13.2. The number of amides is 1. The molecule has 0 radical (unpaired) electrons. The van der Waals surface area contributed by atoms with Crippen molar-refractivity contribution < 1.29 is 4.79 Å². The van der Waals surface area contributed by atoms with Crippen LogP contribution in [0.25, 0.3) is 5.65 Å². The van der Waals surface area contributed by atoms with E-state index in [4.69, 9.17) is 0 Å². The van der Waals surface area contributed by atoms with Gasteiger partial charge in [-0.25, -0.2) is 4.98 Å². The minimum atomic E-state index is -0.145. The van der Waals surface area contributed by atoms with Crippen LogP contribution in [-0.4, -0.2) is 26.3 Å². The molecule has 4 rings (SSSR count). The third-order valence-electron chi connectivity index (χ3n) is 4.42. The molecule has 2 atom stereocenters. The summed E-state index contributed by atoms with van der Waals surface area (Å²) in [7, 11) is 0. The van der Waals surface area contributed by atoms with E-state index < -0.39 is 0 Å². The first kappa shape index (κ1) is 14.8. The minimum Gasteiger partial charge on any atom is -0.349 e. The fourth-order valence-corrected chi connectivity index (χ4v) is 3.18. The monoisotopic (exact) mass is 321 g/mol. The Morgan fingerprint density at radius 3 is 3.00 bits per heavy atom. The van der Waals surface area contributed by atoms with Crippen LogP contribution in [0.1, 0.15) is 30.1 Å². The topological polar surface area (TPSA) is 71.3 Å². The number of rotatable bonds is 4. The van der Waals surface area contributed by atoms with Crippen LogP contribution < -0.4 is 10.6 Å². The summed E-state index contributed by atoms with van der Waals surface area (Å²) in [5.74, 6) is 0.0311. The van der Waals surface area contributed by atoms with Gasteiger partial charge in [0.05, 0.1) is 24.5 Å². The number of nitrogens with zero attached hydrogens (tertiary/aromatic N) is 3. The minimum absolute atomic E-state index is 0.0311. The maximum atomic E-state index is 12.4. The van der Waals surface area contributed by atoms with Crippen LogP contribution in [0.15, 0.2) is 55.1 Å². The Hall–Kier alpha value is -2.73. The molecule has 2 N–H and O–H groups in total. The number of benzene rings is 1. The smallest absolute Gasteiger partial charge is 0.237 e. The van der Waals surface area contributed by atoms with Crippen LogP contribution in [0.5, 0.6) is 0 Å². The molecule has 0 saturated carbocycles. The van der Waals surface area contributed by atoms with Crippen molar-refractivity contribution in [3.05, 3.63) is 66.4 Å². The molecular formula is C18H19N5O. The number of hydrogen-bond acceptors (Lipinski definition) is 4. The zero-order chi connectivity index (χ0) is 16.4. The van der Waals surface area contributed by atoms with Crippen molar-refractivity contribution in [1.29, 1.82) is 0 Å². The fraction of sp³-hybridized carbons (Fsp3) is 0.278. The Balaban J connectivity index is 1.35. The van der Waals surface area contributed by atoms with E-state index in [9.17, 15) is 4.79 Å². The zero-order valence-electron chi connectivity index (χ0n) is 13.2. The van der Waals surface area contributed by atoms with Crippen molar-refractivity contribution in [1.82, 2.24) is 25.0 Å². The second kappa shape index (κ2) is 6.41. The lowest BCUT2D eigenvalue weighted by atomic mass is 10.1. The van der Waals surface area contributed by atoms with Gasteiger partial charge in [0, 0.05) is 24.6 Å². The van der Waals surface area contributed by atoms with Crippen LogP contribution in [0.4, 0.5) is 0 Å². The first-order valence-corrected chi connectivity index (χ1v) is 8.16. The van der Waals surface area contributed by atoms with E-state index in [1.807, 2.05) is 35.0 Å². The number of fused-ring (bicyclic) bond motifs is 1. The van der Waals surface area contributed by atoms with Crippen LogP contribution in [0.3, 0.4) is 0 Å². The molecule has 3 heterocycles. The van der Waals surface area contributed by atoms with E-state index in [2.05, 4.69) is 32.7 Å². The highest BCUT2D eigenvalue weighted by molar-refractivity contribution is 5.82. The lowest BCUT2D eigenvalue weighted by Crippen LogP contribution is -2.40. The van der Waals surface area contributed by atoms with E-state index in [1.54, 1.807) is 12.4 Å². The van der Waals surface area contributed by atoms with Gasteiger partial charge in [0.25, 0.3) is 0 Å². The Labute approximate surface area is 139 Å². The van der Waals surface area contributed by atoms with Gasteiger partial charge >= 0.3 is 0 Å². The maximum Gasteiger partial charge on any atom is 0.237 e. The molecule has 0 spiro atoms. The number of imidazole rings is 1. The Kier molecular flexibility index (Phi) is 3.96. The molecule has 3 aromatic rings. The Morgan fingerprint density at radius 1 is 1.29 bits per heavy atom. The average molecular weight is 321 g/mol. The summed E-state index contributed by atoms with van der Waals surface area (Å²) in [6, 6.07) is 10.4. The van der Waals surface area contributed by atoms with E-state index in [0.717, 1.165) is 24.2 Å². The van der Waals surface area contributed by atoms with Crippen molar-refractivity contribution >= 4 is 11.6 Å². The molecule has 0 aliphatic carbocycles. The van der Waals surface area contributed by atoms with E-state index in [1.165, 1.54) is 5.56 Å². The summed E-state index contributed by atoms with van der Waals surface area (Å²) >= 11 is 0. The van der Waals surface area contributed by atoms with Crippen LogP contribution in [-0.2, 0) is 11.3 Å². The summed E-state index contributed by atoms with van der Waals surface area (Å²) in [5, 5.41) is 6.40. The second-order valence-corrected chi connectivity index (χ2v) is 6.05. The van der Waals surface area contributed by atoms with Gasteiger partial charge in [-0.05, 0) is 18.4 Å². The third-order valence-corrected chi connectivity index (χ3v) is 4.42. The number of nitrogens with one attached hydrogen (secondary N) is 2. The molecule has 1 aromatic carbocycles. The molecule has 0 bridgehead atoms. The predicted octanol–water partition coefficient (Wildman–Crippen LogP) is 1.84. The van der Waals surface area contributed by atoms with Crippen LogP contribution in [0.2, 0.25) is 0 Å². The first-order chi connectivity index (χ1) is 11.8. The van der Waals surface area contributed by atoms with Gasteiger partial charge < -0.3 is 9.72 Å². The molecule has 1 aliphatic heterocycles. The van der Waals surface area contributed by atoms with Gasteiger partial charge in [-0.2, -0.15) is 0 Å². The molecular weight excluding hydrogens is 302 g/mol. The third kappa shape index (κ3) is 3.00. The highest BCUT2D eigenvalue weighted by atomic mass is 16.2. The van der Waals surface area contributed by atoms with Gasteiger partial charge in [-0.1, -0.05) is 30.3 Å². The van der Waals surface area contributed by atoms with Crippen LogP contribution in [0, 0.1) is 0 Å². The molecule has 24 heavy (non-hydrogen) atoms. The molecule has 1 saturated heterocycles. The lowest BCUT2D eigenvalue weighted by Gasteiger charge is -2.14. The van der Waals surface area contributed by atoms with Gasteiger partial charge in [-0.3, -0.25) is 15.1 Å². The summed E-state index contributed by atoms with van der Waals surface area (Å²) in [6.07, 6.45) is 8.99. The lowest BCUT2D eigenvalue weighted by molar-refractivity contribution is -0.123. The average Bonchev–Trinajstić information content (AvgIpc) is 3.27. The van der Waals surface area contributed by atoms with E-state index >= 15 is 0 Å². The van der Waals surface area contributed by atoms with Crippen molar-refractivity contribution in [3.63, 3.8) is 0 Å². The van der Waals surface area contributed by atoms with Crippen molar-refractivity contribution in [3.8, 4) is 0 Å². The number of aromatic nitrogens is 3. The standard InChI is InChI=1S/C18H19N5O/c24-18(16-7-6-15(22-16)13-4-2-1-3-5-13)20-10-14-12-23-9-8-19-11-17(23)21-14/h1-5,8-9,11-12,15-16,22H,6-7,10H2,(H,20,24)/t15-,16-/m1/s1. The molecule has 1 fully saturated rings. The van der Waals surface area contributed by atoms with Crippen molar-refractivity contribution in [2.24, 2.45) is 0 Å².